The predicted octanol–water partition coefficient (Wildman–Crippen LogP) is 5.95. The predicted molar refractivity (Wildman–Crippen MR) is 154 cm³/mol. The molecule has 1 saturated carbocycles. The second kappa shape index (κ2) is 11.0. The largest absolute Gasteiger partial charge is 0.477 e. The minimum atomic E-state index is -1.25. The molecule has 5 rings (SSSR count). The number of carbonyl (C=O) groups excluding carboxylic acids is 1. The van der Waals surface area contributed by atoms with Gasteiger partial charge in [-0.05, 0) is 55.9 Å². The summed E-state index contributed by atoms with van der Waals surface area (Å²) in [6.45, 7) is 7.13. The molecule has 3 N–H and O–H groups in total. The van der Waals surface area contributed by atoms with Crippen LogP contribution >= 0.6 is 11.3 Å². The van der Waals surface area contributed by atoms with Gasteiger partial charge in [0.2, 0.25) is 5.43 Å². The standard InChI is InChI=1S/C29H31N5O4S/c1-4-30-29(38)33-25-12-19(27-32-23(15-39-27)17-5-6-17)21(13-31-25)18-7-8-24-20(11-18)26(35)22(28(36)37)14-34(24)10-9-16(2)3/h7-8,11-17H,4-6,9-10H2,1-3H3,(H,36,37)(H2,30,31,33,38). The number of amides is 2. The number of aromatic carboxylic acids is 1. The van der Waals surface area contributed by atoms with Crippen LogP contribution in [0.25, 0.3) is 32.6 Å². The number of hydrogen-bond acceptors (Lipinski definition) is 6. The maximum absolute atomic E-state index is 13.2. The van der Waals surface area contributed by atoms with E-state index >= 15 is 0 Å². The molecular weight excluding hydrogens is 514 g/mol. The first-order valence-corrected chi connectivity index (χ1v) is 14.0. The van der Waals surface area contributed by atoms with E-state index in [4.69, 9.17) is 4.98 Å². The van der Waals surface area contributed by atoms with Crippen molar-refractivity contribution in [2.75, 3.05) is 11.9 Å². The fourth-order valence-corrected chi connectivity index (χ4v) is 5.46. The van der Waals surface area contributed by atoms with Crippen LogP contribution in [0.1, 0.15) is 62.0 Å². The average Bonchev–Trinajstić information content (AvgIpc) is 3.64. The number of aryl methyl sites for hydroxylation is 1. The van der Waals surface area contributed by atoms with Crippen molar-refractivity contribution in [3.8, 4) is 21.7 Å². The maximum Gasteiger partial charge on any atom is 0.341 e. The van der Waals surface area contributed by atoms with E-state index in [1.807, 2.05) is 23.6 Å². The van der Waals surface area contributed by atoms with Crippen LogP contribution < -0.4 is 16.1 Å². The molecule has 2 amide bonds. The van der Waals surface area contributed by atoms with Crippen molar-refractivity contribution in [2.24, 2.45) is 5.92 Å². The van der Waals surface area contributed by atoms with Gasteiger partial charge in [0.25, 0.3) is 0 Å². The fourth-order valence-electron chi connectivity index (χ4n) is 4.53. The molecular formula is C29H31N5O4S. The first kappa shape index (κ1) is 26.6. The van der Waals surface area contributed by atoms with Crippen LogP contribution in [0, 0.1) is 5.92 Å². The molecule has 0 aliphatic heterocycles. The van der Waals surface area contributed by atoms with Gasteiger partial charge >= 0.3 is 12.0 Å². The van der Waals surface area contributed by atoms with Gasteiger partial charge in [-0.1, -0.05) is 19.9 Å². The summed E-state index contributed by atoms with van der Waals surface area (Å²) < 4.78 is 1.85. The lowest BCUT2D eigenvalue weighted by atomic mass is 9.99. The summed E-state index contributed by atoms with van der Waals surface area (Å²) in [5.41, 5.74) is 3.21. The molecule has 1 aliphatic carbocycles. The Balaban J connectivity index is 1.65. The lowest BCUT2D eigenvalue weighted by molar-refractivity contribution is 0.0694. The van der Waals surface area contributed by atoms with Crippen molar-refractivity contribution in [2.45, 2.75) is 52.5 Å². The van der Waals surface area contributed by atoms with Crippen LogP contribution in [-0.2, 0) is 6.54 Å². The summed E-state index contributed by atoms with van der Waals surface area (Å²) in [6.07, 6.45) is 6.22. The topological polar surface area (TPSA) is 126 Å². The number of nitrogens with zero attached hydrogens (tertiary/aromatic N) is 3. The monoisotopic (exact) mass is 545 g/mol. The molecule has 1 fully saturated rings. The minimum Gasteiger partial charge on any atom is -0.477 e. The first-order valence-electron chi connectivity index (χ1n) is 13.2. The number of thiazole rings is 1. The molecule has 0 unspecified atom stereocenters. The number of nitrogens with one attached hydrogen (secondary N) is 2. The Morgan fingerprint density at radius 2 is 2.00 bits per heavy atom. The average molecular weight is 546 g/mol. The van der Waals surface area contributed by atoms with Crippen molar-refractivity contribution in [1.29, 1.82) is 0 Å². The number of anilines is 1. The number of carboxylic acid groups (broad SMARTS) is 1. The summed E-state index contributed by atoms with van der Waals surface area (Å²) in [5, 5.41) is 18.4. The van der Waals surface area contributed by atoms with Crippen molar-refractivity contribution in [1.82, 2.24) is 19.9 Å². The summed E-state index contributed by atoms with van der Waals surface area (Å²) in [5.74, 6) is 0.0515. The number of aromatic nitrogens is 3. The molecule has 10 heteroatoms. The van der Waals surface area contributed by atoms with Gasteiger partial charge in [-0.3, -0.25) is 10.1 Å². The quantitative estimate of drug-likeness (QED) is 0.239. The van der Waals surface area contributed by atoms with E-state index in [9.17, 15) is 19.5 Å². The smallest absolute Gasteiger partial charge is 0.341 e. The zero-order valence-electron chi connectivity index (χ0n) is 22.2. The number of fused-ring (bicyclic) bond motifs is 1. The second-order valence-corrected chi connectivity index (χ2v) is 11.1. The Bertz CT molecular complexity index is 1620. The van der Waals surface area contributed by atoms with E-state index in [-0.39, 0.29) is 11.6 Å². The fraction of sp³-hybridized carbons (Fsp3) is 0.345. The van der Waals surface area contributed by atoms with E-state index in [1.165, 1.54) is 17.5 Å². The van der Waals surface area contributed by atoms with Crippen molar-refractivity contribution in [3.63, 3.8) is 0 Å². The molecule has 4 aromatic rings. The SMILES string of the molecule is CCNC(=O)Nc1cc(-c2nc(C3CC3)cs2)c(-c2ccc3c(c2)c(=O)c(C(=O)O)cn3CCC(C)C)cn1. The van der Waals surface area contributed by atoms with Gasteiger partial charge in [-0.15, -0.1) is 11.3 Å². The summed E-state index contributed by atoms with van der Waals surface area (Å²) in [4.78, 5) is 46.7. The van der Waals surface area contributed by atoms with Crippen LogP contribution in [0.15, 0.2) is 46.8 Å². The van der Waals surface area contributed by atoms with Gasteiger partial charge in [0, 0.05) is 53.3 Å². The van der Waals surface area contributed by atoms with Crippen LogP contribution in [0.2, 0.25) is 0 Å². The molecule has 39 heavy (non-hydrogen) atoms. The Labute approximate surface area is 229 Å². The van der Waals surface area contributed by atoms with Crippen LogP contribution in [0.4, 0.5) is 10.6 Å². The van der Waals surface area contributed by atoms with E-state index < -0.39 is 11.4 Å². The molecule has 3 heterocycles. The van der Waals surface area contributed by atoms with Gasteiger partial charge in [0.15, 0.2) is 0 Å². The molecule has 9 nitrogen and oxygen atoms in total. The third kappa shape index (κ3) is 5.70. The van der Waals surface area contributed by atoms with E-state index in [0.717, 1.165) is 41.1 Å². The Morgan fingerprint density at radius 3 is 2.69 bits per heavy atom. The third-order valence-corrected chi connectivity index (χ3v) is 7.69. The van der Waals surface area contributed by atoms with Crippen molar-refractivity contribution >= 4 is 40.1 Å². The Hall–Kier alpha value is -4.05. The number of urea groups is 1. The molecule has 0 spiro atoms. The zero-order valence-corrected chi connectivity index (χ0v) is 23.0. The van der Waals surface area contributed by atoms with E-state index in [2.05, 4.69) is 34.8 Å². The molecule has 0 radical (unpaired) electrons. The molecule has 0 atom stereocenters. The normalized spacial score (nSPS) is 13.1. The van der Waals surface area contributed by atoms with Gasteiger partial charge in [-0.25, -0.2) is 19.6 Å². The Kier molecular flexibility index (Phi) is 7.47. The van der Waals surface area contributed by atoms with Crippen LogP contribution in [0.5, 0.6) is 0 Å². The number of carboxylic acids is 1. The van der Waals surface area contributed by atoms with E-state index in [0.29, 0.717) is 47.2 Å². The highest BCUT2D eigenvalue weighted by Gasteiger charge is 2.27. The lowest BCUT2D eigenvalue weighted by Gasteiger charge is -2.15. The number of benzene rings is 1. The lowest BCUT2D eigenvalue weighted by Crippen LogP contribution is -2.28. The van der Waals surface area contributed by atoms with Crippen LogP contribution in [0.3, 0.4) is 0 Å². The highest BCUT2D eigenvalue weighted by molar-refractivity contribution is 7.13. The summed E-state index contributed by atoms with van der Waals surface area (Å²) in [7, 11) is 0. The number of rotatable bonds is 9. The summed E-state index contributed by atoms with van der Waals surface area (Å²) in [6, 6.07) is 6.96. The molecule has 1 aliphatic rings. The van der Waals surface area contributed by atoms with Gasteiger partial charge in [0.1, 0.15) is 16.4 Å². The molecule has 3 aromatic heterocycles. The number of hydrogen-bond donors (Lipinski definition) is 3. The van der Waals surface area contributed by atoms with E-state index in [1.54, 1.807) is 18.3 Å². The zero-order chi connectivity index (χ0) is 27.7. The number of carbonyl (C=O) groups is 2. The third-order valence-electron chi connectivity index (χ3n) is 6.80. The minimum absolute atomic E-state index is 0.253. The van der Waals surface area contributed by atoms with Gasteiger partial charge in [-0.2, -0.15) is 0 Å². The van der Waals surface area contributed by atoms with Crippen LogP contribution in [-0.4, -0.2) is 38.2 Å². The highest BCUT2D eigenvalue weighted by Crippen LogP contribution is 2.43. The number of pyridine rings is 2. The summed E-state index contributed by atoms with van der Waals surface area (Å²) >= 11 is 1.53. The maximum atomic E-state index is 13.2. The van der Waals surface area contributed by atoms with Crippen molar-refractivity contribution in [3.05, 3.63) is 63.5 Å². The molecule has 0 saturated heterocycles. The van der Waals surface area contributed by atoms with Crippen molar-refractivity contribution < 1.29 is 14.7 Å². The Morgan fingerprint density at radius 1 is 1.21 bits per heavy atom. The second-order valence-electron chi connectivity index (χ2n) is 10.2. The highest BCUT2D eigenvalue weighted by atomic mass is 32.1. The molecule has 1 aromatic carbocycles. The first-order chi connectivity index (χ1) is 18.7. The van der Waals surface area contributed by atoms with Gasteiger partial charge in [0.05, 0.1) is 11.2 Å². The molecule has 0 bridgehead atoms. The molecule has 202 valence electrons. The van der Waals surface area contributed by atoms with Gasteiger partial charge < -0.3 is 15.0 Å².